The number of nitrogens with one attached hydrogen (secondary N) is 1. The molecule has 12 heteroatoms. The molecule has 0 bridgehead atoms. The van der Waals surface area contributed by atoms with Crippen LogP contribution in [0.15, 0.2) is 42.5 Å². The molecule has 0 radical (unpaired) electrons. The number of nitrogens with two attached hydrogens (primary N) is 1. The van der Waals surface area contributed by atoms with Crippen molar-refractivity contribution in [3.05, 3.63) is 72.1 Å². The van der Waals surface area contributed by atoms with Crippen LogP contribution in [0.5, 0.6) is 5.75 Å². The fraction of sp³-hybridized carbons (Fsp3) is 0.553. The smallest absolute Gasteiger partial charge is 0.489 e. The van der Waals surface area contributed by atoms with E-state index in [1.807, 2.05) is 71.7 Å². The summed E-state index contributed by atoms with van der Waals surface area (Å²) in [5.41, 5.74) is 7.49. The zero-order valence-electron chi connectivity index (χ0n) is 32.3. The Morgan fingerprint density at radius 3 is 2.24 bits per heavy atom. The summed E-state index contributed by atoms with van der Waals surface area (Å²) in [5.74, 6) is 0.606. The molecule has 2 heterocycles. The van der Waals surface area contributed by atoms with Crippen molar-refractivity contribution in [1.29, 1.82) is 0 Å². The molecular formula is C38H61CsN4O7. The Morgan fingerprint density at radius 2 is 1.72 bits per heavy atom. The number of hydrogen-bond acceptors (Lipinski definition) is 9. The molecule has 2 aliphatic rings. The van der Waals surface area contributed by atoms with Gasteiger partial charge in [-0.2, -0.15) is 0 Å². The van der Waals surface area contributed by atoms with E-state index in [2.05, 4.69) is 40.2 Å². The minimum atomic E-state index is -0.513. The molecule has 3 N–H and O–H groups in total. The summed E-state index contributed by atoms with van der Waals surface area (Å²) < 4.78 is 16.3. The van der Waals surface area contributed by atoms with E-state index in [0.717, 1.165) is 56.6 Å². The second-order valence-electron chi connectivity index (χ2n) is 12.4. The quantitative estimate of drug-likeness (QED) is 0.135. The molecule has 1 saturated heterocycles. The number of aldehydes is 1. The molecule has 2 aromatic rings. The molecule has 0 aromatic heterocycles. The number of carbonyl (C=O) groups excluding carboxylic acids is 4. The number of esters is 1. The standard InChI is InChI=1S/C30H38N2O5.C4H11NO.C2H6.CH3NO.CH3.Cs/c1-21(8-13-28(34)37-30(2,3)4)32-18-26-25(29(32)35)6-5-7-27(26)36-20-23-11-9-22(10-12-23)16-31-15-14-24(17-31)19-33;1-5-3-4-6-2;1-2;2-1-3;;/h5-7,9-12,19,21,24H,8,13-18,20H2,1-4H3;5H,3-4H2,1-2H3;1-2H3;1H,(H2,2,3);1H3;/q;;;;-1;+1. The molecule has 2 unspecified atom stereocenters. The zero-order chi connectivity index (χ0) is 36.1. The number of likely N-dealkylation sites (tertiary alicyclic amines) is 1. The van der Waals surface area contributed by atoms with Gasteiger partial charge in [0, 0.05) is 56.3 Å². The third-order valence-corrected chi connectivity index (χ3v) is 7.55. The molecule has 11 nitrogen and oxygen atoms in total. The normalized spacial score (nSPS) is 15.2. The van der Waals surface area contributed by atoms with Crippen LogP contribution in [0.2, 0.25) is 0 Å². The molecule has 2 atom stereocenters. The van der Waals surface area contributed by atoms with Gasteiger partial charge in [0.2, 0.25) is 6.41 Å². The zero-order valence-corrected chi connectivity index (χ0v) is 38.5. The first-order valence-electron chi connectivity index (χ1n) is 16.8. The summed E-state index contributed by atoms with van der Waals surface area (Å²) >= 11 is 0. The van der Waals surface area contributed by atoms with Gasteiger partial charge >= 0.3 is 74.9 Å². The van der Waals surface area contributed by atoms with Crippen molar-refractivity contribution in [2.24, 2.45) is 11.7 Å². The van der Waals surface area contributed by atoms with E-state index in [1.54, 1.807) is 7.11 Å². The van der Waals surface area contributed by atoms with Crippen LogP contribution in [0.3, 0.4) is 0 Å². The fourth-order valence-electron chi connectivity index (χ4n) is 5.17. The molecule has 0 saturated carbocycles. The maximum absolute atomic E-state index is 13.1. The predicted octanol–water partition coefficient (Wildman–Crippen LogP) is 2.19. The van der Waals surface area contributed by atoms with E-state index in [9.17, 15) is 14.4 Å². The van der Waals surface area contributed by atoms with Gasteiger partial charge in [-0.15, -0.1) is 0 Å². The van der Waals surface area contributed by atoms with Crippen LogP contribution in [-0.4, -0.2) is 86.4 Å². The number of carbonyl (C=O) groups is 4. The van der Waals surface area contributed by atoms with Gasteiger partial charge in [-0.25, -0.2) is 0 Å². The molecule has 4 rings (SSSR count). The van der Waals surface area contributed by atoms with Gasteiger partial charge in [-0.3, -0.25) is 19.3 Å². The van der Waals surface area contributed by atoms with Crippen molar-refractivity contribution in [3.8, 4) is 5.75 Å². The van der Waals surface area contributed by atoms with Crippen LogP contribution in [0.4, 0.5) is 0 Å². The van der Waals surface area contributed by atoms with E-state index in [-0.39, 0.29) is 113 Å². The van der Waals surface area contributed by atoms with Crippen molar-refractivity contribution >= 4 is 24.6 Å². The van der Waals surface area contributed by atoms with Gasteiger partial charge < -0.3 is 42.4 Å². The first kappa shape index (κ1) is 50.4. The van der Waals surface area contributed by atoms with E-state index in [1.165, 1.54) is 5.56 Å². The molecule has 0 spiro atoms. The molecule has 2 aromatic carbocycles. The van der Waals surface area contributed by atoms with Crippen molar-refractivity contribution < 1.29 is 102 Å². The topological polar surface area (TPSA) is 140 Å². The summed E-state index contributed by atoms with van der Waals surface area (Å²) in [6.45, 7) is 16.8. The van der Waals surface area contributed by atoms with Crippen LogP contribution in [-0.2, 0) is 43.6 Å². The second kappa shape index (κ2) is 27.8. The summed E-state index contributed by atoms with van der Waals surface area (Å²) in [7, 11) is 3.59. The Bertz CT molecular complexity index is 1250. The van der Waals surface area contributed by atoms with Gasteiger partial charge in [0.25, 0.3) is 5.91 Å². The van der Waals surface area contributed by atoms with Crippen LogP contribution in [0.1, 0.15) is 87.9 Å². The monoisotopic (exact) mass is 818 g/mol. The summed E-state index contributed by atoms with van der Waals surface area (Å²) in [6.07, 6.45) is 3.08. The first-order chi connectivity index (χ1) is 23.0. The van der Waals surface area contributed by atoms with E-state index >= 15 is 0 Å². The molecule has 2 amide bonds. The summed E-state index contributed by atoms with van der Waals surface area (Å²) in [5, 5.41) is 2.94. The van der Waals surface area contributed by atoms with E-state index in [4.69, 9.17) is 19.0 Å². The number of benzene rings is 2. The van der Waals surface area contributed by atoms with E-state index in [0.29, 0.717) is 30.9 Å². The largest absolute Gasteiger partial charge is 1.00 e. The molecule has 276 valence electrons. The average molecular weight is 819 g/mol. The van der Waals surface area contributed by atoms with Crippen molar-refractivity contribution in [2.45, 2.75) is 92.1 Å². The van der Waals surface area contributed by atoms with Gasteiger partial charge in [-0.1, -0.05) is 44.2 Å². The van der Waals surface area contributed by atoms with Crippen LogP contribution >= 0.6 is 0 Å². The van der Waals surface area contributed by atoms with Crippen LogP contribution in [0, 0.1) is 13.3 Å². The number of hydrogen-bond donors (Lipinski definition) is 2. The van der Waals surface area contributed by atoms with Gasteiger partial charge in [-0.05, 0) is 77.4 Å². The molecule has 1 fully saturated rings. The Morgan fingerprint density at radius 1 is 1.10 bits per heavy atom. The number of ether oxygens (including phenoxy) is 3. The third-order valence-electron chi connectivity index (χ3n) is 7.55. The molecular weight excluding hydrogens is 757 g/mol. The number of primary amides is 1. The molecule has 2 aliphatic heterocycles. The number of likely N-dealkylation sites (N-methyl/N-ethyl adjacent to an activating group) is 1. The first-order valence-corrected chi connectivity index (χ1v) is 16.8. The Balaban J connectivity index is 0. The average Bonchev–Trinajstić information content (AvgIpc) is 3.67. The number of nitrogens with zero attached hydrogens (tertiary/aromatic N) is 2. The number of methoxy groups -OCH3 is 1. The number of rotatable bonds is 13. The fourth-order valence-corrected chi connectivity index (χ4v) is 5.17. The maximum Gasteiger partial charge on any atom is 1.00 e. The predicted molar refractivity (Wildman–Crippen MR) is 195 cm³/mol. The molecule has 50 heavy (non-hydrogen) atoms. The van der Waals surface area contributed by atoms with Gasteiger partial charge in [0.05, 0.1) is 13.2 Å². The van der Waals surface area contributed by atoms with Crippen molar-refractivity contribution in [3.63, 3.8) is 0 Å². The van der Waals surface area contributed by atoms with Crippen LogP contribution in [0.25, 0.3) is 0 Å². The number of amides is 2. The minimum absolute atomic E-state index is 0. The summed E-state index contributed by atoms with van der Waals surface area (Å²) in [6, 6.07) is 13.9. The summed E-state index contributed by atoms with van der Waals surface area (Å²) in [4.78, 5) is 48.9. The third kappa shape index (κ3) is 18.7. The van der Waals surface area contributed by atoms with E-state index < -0.39 is 5.60 Å². The van der Waals surface area contributed by atoms with Crippen molar-refractivity contribution in [2.75, 3.05) is 40.4 Å². The SMILES string of the molecule is CC.CC(CCC(=O)OC(C)(C)C)N1Cc2c(OCc3ccc(CN4CCC(C=O)C4)cc3)cccc2C1=O.CNCCOC.NC=O.[CH3-].[Cs+]. The minimum Gasteiger partial charge on any atom is -0.489 e. The van der Waals surface area contributed by atoms with Crippen LogP contribution < -0.4 is 84.7 Å². The van der Waals surface area contributed by atoms with Gasteiger partial charge in [0.1, 0.15) is 24.2 Å². The maximum atomic E-state index is 13.1. The Labute approximate surface area is 360 Å². The number of fused-ring (bicyclic) bond motifs is 1. The Kier molecular flexibility index (Phi) is 28.0. The Hall–Kier alpha value is -1.75. The molecule has 0 aliphatic carbocycles. The second-order valence-corrected chi connectivity index (χ2v) is 12.4. The van der Waals surface area contributed by atoms with Gasteiger partial charge in [0.15, 0.2) is 0 Å². The van der Waals surface area contributed by atoms with Crippen molar-refractivity contribution in [1.82, 2.24) is 15.1 Å².